The highest BCUT2D eigenvalue weighted by molar-refractivity contribution is 6.14. The Morgan fingerprint density at radius 1 is 1.06 bits per heavy atom. The van der Waals surface area contributed by atoms with E-state index < -0.39 is 16.7 Å². The number of carbonyl (C=O) groups is 2. The third-order valence-electron chi connectivity index (χ3n) is 4.61. The number of ether oxygens (including phenoxy) is 1. The van der Waals surface area contributed by atoms with E-state index in [-0.39, 0.29) is 34.7 Å². The summed E-state index contributed by atoms with van der Waals surface area (Å²) in [4.78, 5) is 36.4. The lowest BCUT2D eigenvalue weighted by atomic mass is 9.97. The van der Waals surface area contributed by atoms with Crippen molar-refractivity contribution in [3.05, 3.63) is 105 Å². The minimum absolute atomic E-state index is 0.0299. The predicted molar refractivity (Wildman–Crippen MR) is 113 cm³/mol. The number of ketones is 1. The zero-order chi connectivity index (χ0) is 22.4. The summed E-state index contributed by atoms with van der Waals surface area (Å²) in [5.74, 6) is -1.28. The number of rotatable bonds is 7. The van der Waals surface area contributed by atoms with E-state index >= 15 is 0 Å². The van der Waals surface area contributed by atoms with E-state index in [0.29, 0.717) is 11.1 Å². The van der Waals surface area contributed by atoms with Gasteiger partial charge in [0.1, 0.15) is 12.3 Å². The van der Waals surface area contributed by atoms with Gasteiger partial charge in [0, 0.05) is 29.8 Å². The van der Waals surface area contributed by atoms with Crippen molar-refractivity contribution < 1.29 is 19.2 Å². The quantitative estimate of drug-likeness (QED) is 0.267. The Balaban J connectivity index is 1.89. The Labute approximate surface area is 177 Å². The highest BCUT2D eigenvalue weighted by atomic mass is 16.6. The van der Waals surface area contributed by atoms with Gasteiger partial charge in [-0.1, -0.05) is 36.4 Å². The molecule has 0 saturated heterocycles. The maximum Gasteiger partial charge on any atom is 0.339 e. The summed E-state index contributed by atoms with van der Waals surface area (Å²) in [6, 6.07) is 18.9. The number of nitro benzene ring substituents is 1. The molecule has 8 heteroatoms. The van der Waals surface area contributed by atoms with Gasteiger partial charge in [-0.2, -0.15) is 5.26 Å². The molecule has 8 nitrogen and oxygen atoms in total. The van der Waals surface area contributed by atoms with Gasteiger partial charge in [0.15, 0.2) is 5.78 Å². The first-order valence-electron chi connectivity index (χ1n) is 9.21. The first kappa shape index (κ1) is 21.2. The van der Waals surface area contributed by atoms with E-state index in [2.05, 4.69) is 5.32 Å². The summed E-state index contributed by atoms with van der Waals surface area (Å²) < 4.78 is 5.32. The average molecular weight is 415 g/mol. The van der Waals surface area contributed by atoms with E-state index in [1.54, 1.807) is 43.4 Å². The summed E-state index contributed by atoms with van der Waals surface area (Å²) >= 11 is 0. The lowest BCUT2D eigenvalue weighted by Gasteiger charge is -2.10. The SMILES string of the molecule is CNc1ccc(C(=O)c2ccccc2C(=O)OCc2ccccc2C#N)cc1[N+](=O)[O-]. The van der Waals surface area contributed by atoms with Crippen LogP contribution in [0.25, 0.3) is 0 Å². The van der Waals surface area contributed by atoms with Crippen LogP contribution in [0.3, 0.4) is 0 Å². The number of nitrogens with one attached hydrogen (secondary N) is 1. The molecule has 31 heavy (non-hydrogen) atoms. The van der Waals surface area contributed by atoms with Crippen LogP contribution in [0.5, 0.6) is 0 Å². The van der Waals surface area contributed by atoms with Crippen molar-refractivity contribution in [1.29, 1.82) is 5.26 Å². The average Bonchev–Trinajstić information content (AvgIpc) is 2.81. The van der Waals surface area contributed by atoms with Crippen LogP contribution in [0.2, 0.25) is 0 Å². The Morgan fingerprint density at radius 3 is 2.42 bits per heavy atom. The summed E-state index contributed by atoms with van der Waals surface area (Å²) in [6.07, 6.45) is 0. The van der Waals surface area contributed by atoms with E-state index in [1.165, 1.54) is 30.3 Å². The molecule has 0 aliphatic heterocycles. The smallest absolute Gasteiger partial charge is 0.339 e. The molecule has 0 heterocycles. The lowest BCUT2D eigenvalue weighted by molar-refractivity contribution is -0.384. The second-order valence-corrected chi connectivity index (χ2v) is 6.46. The van der Waals surface area contributed by atoms with Gasteiger partial charge in [-0.3, -0.25) is 14.9 Å². The van der Waals surface area contributed by atoms with Crippen LogP contribution < -0.4 is 5.32 Å². The molecule has 0 bridgehead atoms. The van der Waals surface area contributed by atoms with Crippen molar-refractivity contribution >= 4 is 23.1 Å². The topological polar surface area (TPSA) is 122 Å². The molecule has 0 spiro atoms. The third-order valence-corrected chi connectivity index (χ3v) is 4.61. The van der Waals surface area contributed by atoms with Crippen molar-refractivity contribution in [1.82, 2.24) is 0 Å². The molecule has 0 aliphatic rings. The van der Waals surface area contributed by atoms with Gasteiger partial charge >= 0.3 is 5.97 Å². The third kappa shape index (κ3) is 4.57. The number of nitro groups is 1. The highest BCUT2D eigenvalue weighted by Crippen LogP contribution is 2.27. The molecule has 0 radical (unpaired) electrons. The Kier molecular flexibility index (Phi) is 6.38. The number of carbonyl (C=O) groups excluding carboxylic acids is 2. The molecule has 3 rings (SSSR count). The van der Waals surface area contributed by atoms with Gasteiger partial charge in [0.25, 0.3) is 5.69 Å². The minimum atomic E-state index is -0.738. The summed E-state index contributed by atoms with van der Waals surface area (Å²) in [5, 5.41) is 23.2. The Hall–Kier alpha value is -4.51. The molecule has 3 aromatic carbocycles. The molecular weight excluding hydrogens is 398 g/mol. The van der Waals surface area contributed by atoms with Gasteiger partial charge in [-0.05, 0) is 24.3 Å². The maximum absolute atomic E-state index is 13.0. The van der Waals surface area contributed by atoms with Crippen molar-refractivity contribution in [2.75, 3.05) is 12.4 Å². The van der Waals surface area contributed by atoms with Crippen LogP contribution in [0, 0.1) is 21.4 Å². The zero-order valence-corrected chi connectivity index (χ0v) is 16.5. The first-order valence-corrected chi connectivity index (χ1v) is 9.21. The molecule has 0 aromatic heterocycles. The van der Waals surface area contributed by atoms with Crippen LogP contribution in [0.15, 0.2) is 66.7 Å². The minimum Gasteiger partial charge on any atom is -0.457 e. The van der Waals surface area contributed by atoms with Crippen molar-refractivity contribution in [2.24, 2.45) is 0 Å². The number of benzene rings is 3. The fraction of sp³-hybridized carbons (Fsp3) is 0.0870. The summed E-state index contributed by atoms with van der Waals surface area (Å²) in [6.45, 7) is -0.132. The number of anilines is 1. The molecule has 0 aliphatic carbocycles. The molecule has 1 N–H and O–H groups in total. The van der Waals surface area contributed by atoms with Crippen LogP contribution in [0.1, 0.15) is 37.4 Å². The normalized spacial score (nSPS) is 10.1. The molecular formula is C23H17N3O5. The number of hydrogen-bond acceptors (Lipinski definition) is 7. The number of hydrogen-bond donors (Lipinski definition) is 1. The fourth-order valence-electron chi connectivity index (χ4n) is 3.03. The summed E-state index contributed by atoms with van der Waals surface area (Å²) in [5.41, 5.74) is 1.11. The Morgan fingerprint density at radius 2 is 1.74 bits per heavy atom. The zero-order valence-electron chi connectivity index (χ0n) is 16.5. The predicted octanol–water partition coefficient (Wildman–Crippen LogP) is 4.10. The van der Waals surface area contributed by atoms with Crippen LogP contribution >= 0.6 is 0 Å². The number of nitriles is 1. The Bertz CT molecular complexity index is 1210. The largest absolute Gasteiger partial charge is 0.457 e. The van der Waals surface area contributed by atoms with E-state index in [0.717, 1.165) is 0 Å². The number of nitrogens with zero attached hydrogens (tertiary/aromatic N) is 2. The van der Waals surface area contributed by atoms with Gasteiger partial charge in [-0.15, -0.1) is 0 Å². The van der Waals surface area contributed by atoms with Crippen LogP contribution in [-0.4, -0.2) is 23.7 Å². The lowest BCUT2D eigenvalue weighted by Crippen LogP contribution is -2.13. The van der Waals surface area contributed by atoms with Crippen molar-refractivity contribution in [2.45, 2.75) is 6.61 Å². The molecule has 0 saturated carbocycles. The molecule has 0 amide bonds. The monoisotopic (exact) mass is 415 g/mol. The molecule has 3 aromatic rings. The first-order chi connectivity index (χ1) is 15.0. The van der Waals surface area contributed by atoms with Gasteiger partial charge in [0.05, 0.1) is 22.1 Å². The summed E-state index contributed by atoms with van der Waals surface area (Å²) in [7, 11) is 1.54. The molecule has 0 unspecified atom stereocenters. The van der Waals surface area contributed by atoms with E-state index in [4.69, 9.17) is 10.00 Å². The second kappa shape index (κ2) is 9.33. The fourth-order valence-corrected chi connectivity index (χ4v) is 3.03. The van der Waals surface area contributed by atoms with E-state index in [1.807, 2.05) is 6.07 Å². The number of esters is 1. The standard InChI is InChI=1S/C23H17N3O5/c1-25-20-11-10-15(12-21(20)26(29)30)22(27)18-8-4-5-9-19(18)23(28)31-14-17-7-3-2-6-16(17)13-24/h2-12,25H,14H2,1H3. The van der Waals surface area contributed by atoms with Crippen LogP contribution in [0.4, 0.5) is 11.4 Å². The van der Waals surface area contributed by atoms with Gasteiger partial charge in [0.2, 0.25) is 0 Å². The van der Waals surface area contributed by atoms with Gasteiger partial charge in [-0.25, -0.2) is 4.79 Å². The molecule has 154 valence electrons. The maximum atomic E-state index is 13.0. The van der Waals surface area contributed by atoms with Crippen LogP contribution in [-0.2, 0) is 11.3 Å². The second-order valence-electron chi connectivity index (χ2n) is 6.46. The van der Waals surface area contributed by atoms with Crippen molar-refractivity contribution in [3.63, 3.8) is 0 Å². The van der Waals surface area contributed by atoms with E-state index in [9.17, 15) is 19.7 Å². The van der Waals surface area contributed by atoms with Crippen molar-refractivity contribution in [3.8, 4) is 6.07 Å². The molecule has 0 fully saturated rings. The highest BCUT2D eigenvalue weighted by Gasteiger charge is 2.22. The molecule has 0 atom stereocenters. The van der Waals surface area contributed by atoms with Gasteiger partial charge < -0.3 is 10.1 Å².